The number of nitrogens with zero attached hydrogens (tertiary/aromatic N) is 2. The summed E-state index contributed by atoms with van der Waals surface area (Å²) in [7, 11) is 0. The number of hydrogen-bond acceptors (Lipinski definition) is 2. The van der Waals surface area contributed by atoms with Crippen LogP contribution in [-0.4, -0.2) is 9.97 Å². The Morgan fingerprint density at radius 3 is 1.43 bits per heavy atom. The van der Waals surface area contributed by atoms with Gasteiger partial charge in [-0.05, 0) is 75.2 Å². The highest BCUT2D eigenvalue weighted by Gasteiger charge is 2.14. The van der Waals surface area contributed by atoms with Crippen molar-refractivity contribution in [3.8, 4) is 56.0 Å². The van der Waals surface area contributed by atoms with E-state index >= 15 is 0 Å². The quantitative estimate of drug-likeness (QED) is 0.196. The lowest BCUT2D eigenvalue weighted by Gasteiger charge is -2.13. The molecule has 0 amide bonds. The van der Waals surface area contributed by atoms with Gasteiger partial charge in [0.1, 0.15) is 0 Å². The second-order valence-corrected chi connectivity index (χ2v) is 11.0. The minimum Gasteiger partial charge on any atom is -0.246 e. The Hall–Kier alpha value is -5.86. The van der Waals surface area contributed by atoms with Gasteiger partial charge >= 0.3 is 0 Å². The number of pyridine rings is 2. The number of aromatic nitrogens is 2. The molecular formula is C42H28N2. The highest BCUT2D eigenvalue weighted by Crippen LogP contribution is 2.36. The van der Waals surface area contributed by atoms with Crippen LogP contribution in [0.2, 0.25) is 0 Å². The molecule has 2 heterocycles. The highest BCUT2D eigenvalue weighted by molar-refractivity contribution is 6.10. The molecule has 8 aromatic rings. The molecule has 0 saturated carbocycles. The number of hydrogen-bond donors (Lipinski definition) is 0. The van der Waals surface area contributed by atoms with Gasteiger partial charge in [-0.25, -0.2) is 9.97 Å². The van der Waals surface area contributed by atoms with Gasteiger partial charge in [0.05, 0.1) is 22.6 Å². The molecule has 206 valence electrons. The second-order valence-electron chi connectivity index (χ2n) is 11.0. The molecule has 0 atom stereocenters. The number of benzene rings is 6. The van der Waals surface area contributed by atoms with Crippen LogP contribution in [0.15, 0.2) is 170 Å². The molecule has 0 fully saturated rings. The molecule has 0 unspecified atom stereocenters. The molecule has 0 aliphatic rings. The molecule has 0 bridgehead atoms. The maximum atomic E-state index is 5.23. The first-order valence-corrected chi connectivity index (χ1v) is 14.9. The fourth-order valence-corrected chi connectivity index (χ4v) is 6.05. The van der Waals surface area contributed by atoms with E-state index in [2.05, 4.69) is 164 Å². The van der Waals surface area contributed by atoms with Crippen LogP contribution in [-0.2, 0) is 0 Å². The lowest BCUT2D eigenvalue weighted by molar-refractivity contribution is 1.29. The maximum Gasteiger partial charge on any atom is 0.0972 e. The lowest BCUT2D eigenvalue weighted by Crippen LogP contribution is -1.94. The Morgan fingerprint density at radius 1 is 0.273 bits per heavy atom. The normalized spacial score (nSPS) is 11.2. The minimum absolute atomic E-state index is 0.864. The van der Waals surface area contributed by atoms with Crippen LogP contribution in [0, 0.1) is 0 Å². The topological polar surface area (TPSA) is 25.8 Å². The van der Waals surface area contributed by atoms with Crippen molar-refractivity contribution in [2.75, 3.05) is 0 Å². The van der Waals surface area contributed by atoms with Crippen molar-refractivity contribution in [3.63, 3.8) is 0 Å². The van der Waals surface area contributed by atoms with Gasteiger partial charge in [0.25, 0.3) is 0 Å². The Balaban J connectivity index is 1.27. The van der Waals surface area contributed by atoms with E-state index in [0.717, 1.165) is 50.1 Å². The molecule has 0 spiro atoms. The van der Waals surface area contributed by atoms with Gasteiger partial charge in [-0.15, -0.1) is 0 Å². The first-order chi connectivity index (χ1) is 21.8. The predicted molar refractivity (Wildman–Crippen MR) is 184 cm³/mol. The average molecular weight is 561 g/mol. The van der Waals surface area contributed by atoms with Crippen LogP contribution in [0.25, 0.3) is 77.7 Å². The Bertz CT molecular complexity index is 2250. The van der Waals surface area contributed by atoms with E-state index in [-0.39, 0.29) is 0 Å². The van der Waals surface area contributed by atoms with Crippen LogP contribution >= 0.6 is 0 Å². The Morgan fingerprint density at radius 2 is 0.750 bits per heavy atom. The standard InChI is InChI=1S/C42H28N2/c1-3-12-29(13-4-1)31-22-24-32(25-23-31)34-26-33(30-14-5-2-6-15-30)27-35(28-34)39-20-11-21-41(43-39)42-38-18-8-7-16-36(38)37-17-9-10-19-40(37)44-42/h1-28H. The van der Waals surface area contributed by atoms with Crippen molar-refractivity contribution in [1.82, 2.24) is 9.97 Å². The number of fused-ring (bicyclic) bond motifs is 3. The van der Waals surface area contributed by atoms with Gasteiger partial charge in [-0.1, -0.05) is 133 Å². The van der Waals surface area contributed by atoms with E-state index in [1.165, 1.54) is 27.6 Å². The van der Waals surface area contributed by atoms with Crippen LogP contribution < -0.4 is 0 Å². The molecule has 0 aliphatic carbocycles. The summed E-state index contributed by atoms with van der Waals surface area (Å²) in [6.45, 7) is 0. The van der Waals surface area contributed by atoms with Crippen LogP contribution in [0.5, 0.6) is 0 Å². The summed E-state index contributed by atoms with van der Waals surface area (Å²) in [5.74, 6) is 0. The number of rotatable bonds is 5. The maximum absolute atomic E-state index is 5.23. The molecule has 2 heteroatoms. The molecule has 44 heavy (non-hydrogen) atoms. The Labute approximate surface area is 257 Å². The first kappa shape index (κ1) is 25.8. The summed E-state index contributed by atoms with van der Waals surface area (Å²) in [4.78, 5) is 10.3. The number of para-hydroxylation sites is 1. The molecule has 0 radical (unpaired) electrons. The second kappa shape index (κ2) is 11.1. The monoisotopic (exact) mass is 560 g/mol. The first-order valence-electron chi connectivity index (χ1n) is 14.9. The summed E-state index contributed by atoms with van der Waals surface area (Å²) < 4.78 is 0. The summed E-state index contributed by atoms with van der Waals surface area (Å²) in [6.07, 6.45) is 0. The van der Waals surface area contributed by atoms with Crippen LogP contribution in [0.3, 0.4) is 0 Å². The van der Waals surface area contributed by atoms with Crippen molar-refractivity contribution in [2.24, 2.45) is 0 Å². The predicted octanol–water partition coefficient (Wildman–Crippen LogP) is 11.1. The molecule has 2 nitrogen and oxygen atoms in total. The van der Waals surface area contributed by atoms with Crippen LogP contribution in [0.1, 0.15) is 0 Å². The van der Waals surface area contributed by atoms with Crippen molar-refractivity contribution in [1.29, 1.82) is 0 Å². The van der Waals surface area contributed by atoms with Crippen molar-refractivity contribution < 1.29 is 0 Å². The molecule has 2 aromatic heterocycles. The fraction of sp³-hybridized carbons (Fsp3) is 0. The zero-order chi connectivity index (χ0) is 29.3. The lowest BCUT2D eigenvalue weighted by atomic mass is 9.93. The fourth-order valence-electron chi connectivity index (χ4n) is 6.05. The van der Waals surface area contributed by atoms with Gasteiger partial charge in [0.2, 0.25) is 0 Å². The van der Waals surface area contributed by atoms with Crippen molar-refractivity contribution in [3.05, 3.63) is 170 Å². The summed E-state index contributed by atoms with van der Waals surface area (Å²) in [5, 5.41) is 3.45. The molecule has 0 saturated heterocycles. The van der Waals surface area contributed by atoms with Gasteiger partial charge < -0.3 is 0 Å². The molecular weight excluding hydrogens is 532 g/mol. The van der Waals surface area contributed by atoms with Crippen LogP contribution in [0.4, 0.5) is 0 Å². The van der Waals surface area contributed by atoms with Crippen molar-refractivity contribution in [2.45, 2.75) is 0 Å². The smallest absolute Gasteiger partial charge is 0.0972 e. The Kier molecular flexibility index (Phi) is 6.51. The van der Waals surface area contributed by atoms with Gasteiger partial charge in [0, 0.05) is 16.3 Å². The third-order valence-electron chi connectivity index (χ3n) is 8.26. The molecule has 8 rings (SSSR count). The molecule has 0 aliphatic heterocycles. The highest BCUT2D eigenvalue weighted by atomic mass is 14.8. The summed E-state index contributed by atoms with van der Waals surface area (Å²) in [6, 6.07) is 59.7. The SMILES string of the molecule is c1ccc(-c2ccc(-c3cc(-c4ccccc4)cc(-c4cccc(-c5nc6ccccc6c6ccccc56)n4)c3)cc2)cc1. The van der Waals surface area contributed by atoms with E-state index in [9.17, 15) is 0 Å². The zero-order valence-corrected chi connectivity index (χ0v) is 24.1. The molecule has 6 aromatic carbocycles. The van der Waals surface area contributed by atoms with E-state index in [0.29, 0.717) is 0 Å². The largest absolute Gasteiger partial charge is 0.246 e. The third kappa shape index (κ3) is 4.83. The average Bonchev–Trinajstić information content (AvgIpc) is 3.12. The third-order valence-corrected chi connectivity index (χ3v) is 8.26. The minimum atomic E-state index is 0.864. The van der Waals surface area contributed by atoms with E-state index < -0.39 is 0 Å². The van der Waals surface area contributed by atoms with E-state index in [1.54, 1.807) is 0 Å². The summed E-state index contributed by atoms with van der Waals surface area (Å²) >= 11 is 0. The van der Waals surface area contributed by atoms with E-state index in [4.69, 9.17) is 9.97 Å². The molecule has 0 N–H and O–H groups in total. The van der Waals surface area contributed by atoms with Gasteiger partial charge in [-0.2, -0.15) is 0 Å². The summed E-state index contributed by atoms with van der Waals surface area (Å²) in [5.41, 5.74) is 11.8. The van der Waals surface area contributed by atoms with Gasteiger partial charge in [-0.3, -0.25) is 0 Å². The van der Waals surface area contributed by atoms with Crippen molar-refractivity contribution >= 4 is 21.7 Å². The zero-order valence-electron chi connectivity index (χ0n) is 24.1. The van der Waals surface area contributed by atoms with E-state index in [1.807, 2.05) is 6.07 Å². The van der Waals surface area contributed by atoms with Gasteiger partial charge in [0.15, 0.2) is 0 Å².